The van der Waals surface area contributed by atoms with E-state index in [4.69, 9.17) is 4.74 Å². The number of halogens is 3. The highest BCUT2D eigenvalue weighted by Gasteiger charge is 2.21. The summed E-state index contributed by atoms with van der Waals surface area (Å²) in [4.78, 5) is 24.9. The highest BCUT2D eigenvalue weighted by molar-refractivity contribution is 5.92. The number of amides is 1. The molecule has 0 aliphatic carbocycles. The number of likely N-dealkylation sites (N-methyl/N-ethyl adjacent to an activating group) is 1. The molecule has 4 rings (SSSR count). The quantitative estimate of drug-likeness (QED) is 0.253. The highest BCUT2D eigenvalue weighted by Crippen LogP contribution is 2.34. The van der Waals surface area contributed by atoms with Crippen molar-refractivity contribution in [3.05, 3.63) is 82.9 Å². The summed E-state index contributed by atoms with van der Waals surface area (Å²) in [6, 6.07) is 14.7. The van der Waals surface area contributed by atoms with Crippen molar-refractivity contribution in [3.63, 3.8) is 0 Å². The van der Waals surface area contributed by atoms with Crippen LogP contribution in [-0.2, 0) is 11.2 Å². The third-order valence-corrected chi connectivity index (χ3v) is 6.78. The third-order valence-electron chi connectivity index (χ3n) is 6.78. The number of alkyl halides is 2. The fourth-order valence-corrected chi connectivity index (χ4v) is 4.49. The number of hydrogen-bond donors (Lipinski definition) is 1. The minimum absolute atomic E-state index is 0.0447. The van der Waals surface area contributed by atoms with E-state index in [0.717, 1.165) is 23.0 Å². The Kier molecular flexibility index (Phi) is 8.46. The number of carbonyl (C=O) groups excluding carboxylic acids is 1. The van der Waals surface area contributed by atoms with Crippen LogP contribution in [0.25, 0.3) is 10.9 Å². The molecule has 0 aliphatic heterocycles. The van der Waals surface area contributed by atoms with Crippen molar-refractivity contribution in [1.29, 1.82) is 0 Å². The van der Waals surface area contributed by atoms with Crippen LogP contribution in [0.2, 0.25) is 0 Å². The number of benzene rings is 3. The monoisotopic (exact) mass is 551 g/mol. The summed E-state index contributed by atoms with van der Waals surface area (Å²) < 4.78 is 46.9. The maximum Gasteiger partial charge on any atom is 0.266 e. The molecule has 1 aromatic heterocycles. The molecule has 10 heteroatoms. The van der Waals surface area contributed by atoms with Gasteiger partial charge < -0.3 is 19.9 Å². The number of nitrogens with one attached hydrogen (secondary N) is 1. The zero-order valence-corrected chi connectivity index (χ0v) is 23.3. The van der Waals surface area contributed by atoms with Crippen molar-refractivity contribution in [3.8, 4) is 5.75 Å². The normalized spacial score (nSPS) is 11.9. The molecule has 1 atom stereocenters. The van der Waals surface area contributed by atoms with E-state index in [1.165, 1.54) is 17.0 Å². The smallest absolute Gasteiger partial charge is 0.266 e. The molecule has 0 radical (unpaired) electrons. The van der Waals surface area contributed by atoms with Crippen LogP contribution in [-0.4, -0.2) is 49.0 Å². The molecule has 1 amide bonds. The van der Waals surface area contributed by atoms with Crippen molar-refractivity contribution in [1.82, 2.24) is 14.9 Å². The first kappa shape index (κ1) is 28.7. The number of aryl methyl sites for hydroxylation is 1. The molecule has 0 saturated heterocycles. The van der Waals surface area contributed by atoms with Gasteiger partial charge >= 0.3 is 0 Å². The summed E-state index contributed by atoms with van der Waals surface area (Å²) in [5.74, 6) is 0.612. The Balaban J connectivity index is 1.70. The van der Waals surface area contributed by atoms with Gasteiger partial charge in [-0.2, -0.15) is 0 Å². The van der Waals surface area contributed by atoms with Crippen LogP contribution >= 0.6 is 0 Å². The van der Waals surface area contributed by atoms with Gasteiger partial charge in [-0.25, -0.2) is 23.1 Å². The molecule has 1 N–H and O–H groups in total. The van der Waals surface area contributed by atoms with Crippen molar-refractivity contribution < 1.29 is 22.7 Å². The van der Waals surface area contributed by atoms with Gasteiger partial charge in [-0.1, -0.05) is 18.2 Å². The molecule has 1 heterocycles. The largest absolute Gasteiger partial charge is 0.496 e. The molecule has 0 spiro atoms. The molecule has 4 aromatic rings. The number of carbonyl (C=O) groups is 1. The topological polar surface area (TPSA) is 70.6 Å². The fourth-order valence-electron chi connectivity index (χ4n) is 4.49. The summed E-state index contributed by atoms with van der Waals surface area (Å²) in [5.41, 5.74) is 2.57. The minimum atomic E-state index is -2.91. The number of aromatic nitrogens is 2. The summed E-state index contributed by atoms with van der Waals surface area (Å²) in [6.45, 7) is 3.45. The zero-order chi connectivity index (χ0) is 29.1. The number of methoxy groups -OCH3 is 1. The first-order valence-corrected chi connectivity index (χ1v) is 12.7. The van der Waals surface area contributed by atoms with Crippen molar-refractivity contribution in [2.45, 2.75) is 32.7 Å². The second-order valence-electron chi connectivity index (χ2n) is 9.76. The van der Waals surface area contributed by atoms with Crippen LogP contribution in [0.3, 0.4) is 0 Å². The van der Waals surface area contributed by atoms with Crippen LogP contribution < -0.4 is 15.0 Å². The molecule has 7 nitrogen and oxygen atoms in total. The fraction of sp³-hybridized carbons (Fsp3) is 0.300. The molecule has 0 bridgehead atoms. The Labute approximate surface area is 231 Å². The average molecular weight is 552 g/mol. The van der Waals surface area contributed by atoms with Crippen LogP contribution in [0.4, 0.5) is 30.4 Å². The van der Waals surface area contributed by atoms with Gasteiger partial charge in [-0.3, -0.25) is 4.79 Å². The summed E-state index contributed by atoms with van der Waals surface area (Å²) >= 11 is 0. The lowest BCUT2D eigenvalue weighted by atomic mass is 10.0. The van der Waals surface area contributed by atoms with Gasteiger partial charge in [-0.05, 0) is 50.2 Å². The van der Waals surface area contributed by atoms with E-state index >= 15 is 0 Å². The standard InChI is InChI=1S/C30H32F3N5O2/c1-17(22-8-7-9-23(28(22)31)29(32)33)34-30-24-16-21(10-12-25(24)35-18(2)36-30)38(5)20-11-13-26(40-6)19(14-20)15-27(39)37(3)4/h7-14,16-17,29H,15H2,1-6H3,(H,34,35,36)/t17-/m1/s1. The van der Waals surface area contributed by atoms with E-state index in [0.29, 0.717) is 28.3 Å². The zero-order valence-electron chi connectivity index (χ0n) is 23.3. The number of rotatable bonds is 9. The average Bonchev–Trinajstić information content (AvgIpc) is 2.92. The van der Waals surface area contributed by atoms with Crippen LogP contribution in [0.5, 0.6) is 5.75 Å². The van der Waals surface area contributed by atoms with Gasteiger partial charge in [0, 0.05) is 49.0 Å². The molecular formula is C30H32F3N5O2. The van der Waals surface area contributed by atoms with E-state index in [2.05, 4.69) is 15.3 Å². The molecule has 0 aliphatic rings. The van der Waals surface area contributed by atoms with Crippen LogP contribution in [0.1, 0.15) is 41.9 Å². The van der Waals surface area contributed by atoms with Gasteiger partial charge in [0.1, 0.15) is 23.2 Å². The SMILES string of the molecule is COc1ccc(N(C)c2ccc3nc(C)nc(N[C@H](C)c4cccc(C(F)F)c4F)c3c2)cc1CC(=O)N(C)C. The molecule has 0 saturated carbocycles. The summed E-state index contributed by atoms with van der Waals surface area (Å²) in [7, 11) is 6.88. The van der Waals surface area contributed by atoms with Crippen molar-refractivity contribution >= 4 is 34.0 Å². The Morgan fingerprint density at radius 1 is 1.00 bits per heavy atom. The van der Waals surface area contributed by atoms with Crippen LogP contribution in [0.15, 0.2) is 54.6 Å². The second-order valence-corrected chi connectivity index (χ2v) is 9.76. The maximum absolute atomic E-state index is 14.8. The van der Waals surface area contributed by atoms with E-state index in [9.17, 15) is 18.0 Å². The predicted octanol–water partition coefficient (Wildman–Crippen LogP) is 6.60. The number of nitrogens with zero attached hydrogens (tertiary/aromatic N) is 4. The van der Waals surface area contributed by atoms with Crippen molar-refractivity contribution in [2.24, 2.45) is 0 Å². The Morgan fingerprint density at radius 2 is 1.68 bits per heavy atom. The molecule has 0 unspecified atom stereocenters. The lowest BCUT2D eigenvalue weighted by molar-refractivity contribution is -0.127. The van der Waals surface area contributed by atoms with Crippen LogP contribution in [0, 0.1) is 12.7 Å². The second kappa shape index (κ2) is 11.8. The predicted molar refractivity (Wildman–Crippen MR) is 151 cm³/mol. The first-order chi connectivity index (χ1) is 19.0. The van der Waals surface area contributed by atoms with E-state index in [-0.39, 0.29) is 17.9 Å². The third kappa shape index (κ3) is 5.95. The Hall–Kier alpha value is -4.34. The Morgan fingerprint density at radius 3 is 2.35 bits per heavy atom. The minimum Gasteiger partial charge on any atom is -0.496 e. The molecule has 0 fully saturated rings. The highest BCUT2D eigenvalue weighted by atomic mass is 19.3. The van der Waals surface area contributed by atoms with Gasteiger partial charge in [0.25, 0.3) is 6.43 Å². The number of anilines is 3. The molecular weight excluding hydrogens is 519 g/mol. The number of ether oxygens (including phenoxy) is 1. The number of hydrogen-bond acceptors (Lipinski definition) is 6. The lowest BCUT2D eigenvalue weighted by Gasteiger charge is -2.23. The van der Waals surface area contributed by atoms with Gasteiger partial charge in [0.05, 0.1) is 30.7 Å². The summed E-state index contributed by atoms with van der Waals surface area (Å²) in [5, 5.41) is 3.88. The van der Waals surface area contributed by atoms with Gasteiger partial charge in [-0.15, -0.1) is 0 Å². The Bertz CT molecular complexity index is 1540. The lowest BCUT2D eigenvalue weighted by Crippen LogP contribution is -2.23. The van der Waals surface area contributed by atoms with Gasteiger partial charge in [0.2, 0.25) is 5.91 Å². The van der Waals surface area contributed by atoms with Gasteiger partial charge in [0.15, 0.2) is 0 Å². The molecule has 40 heavy (non-hydrogen) atoms. The van der Waals surface area contributed by atoms with E-state index in [1.54, 1.807) is 35.1 Å². The van der Waals surface area contributed by atoms with E-state index in [1.807, 2.05) is 48.3 Å². The first-order valence-electron chi connectivity index (χ1n) is 12.7. The van der Waals surface area contributed by atoms with E-state index < -0.39 is 23.8 Å². The van der Waals surface area contributed by atoms with Crippen molar-refractivity contribution in [2.75, 3.05) is 38.5 Å². The molecule has 3 aromatic carbocycles. The summed E-state index contributed by atoms with van der Waals surface area (Å²) in [6.07, 6.45) is -2.72. The molecule has 210 valence electrons. The number of fused-ring (bicyclic) bond motifs is 1. The maximum atomic E-state index is 14.8.